The first-order valence-corrected chi connectivity index (χ1v) is 5.89. The summed E-state index contributed by atoms with van der Waals surface area (Å²) in [6, 6.07) is 9.57. The van der Waals surface area contributed by atoms with Crippen LogP contribution >= 0.6 is 0 Å². The number of amides is 1. The average Bonchev–Trinajstić information content (AvgIpc) is 2.39. The van der Waals surface area contributed by atoms with Crippen LogP contribution in [0.15, 0.2) is 36.0 Å². The van der Waals surface area contributed by atoms with Gasteiger partial charge in [0.15, 0.2) is 0 Å². The highest BCUT2D eigenvalue weighted by atomic mass is 16.1. The topological polar surface area (TPSA) is 64.9 Å². The van der Waals surface area contributed by atoms with E-state index in [-0.39, 0.29) is 11.5 Å². The summed E-state index contributed by atoms with van der Waals surface area (Å²) in [4.78, 5) is 11.6. The molecule has 1 rings (SSSR count). The Morgan fingerprint density at radius 1 is 1.44 bits per heavy atom. The Balaban J connectivity index is 2.72. The maximum atomic E-state index is 11.6. The second kappa shape index (κ2) is 7.13. The van der Waals surface area contributed by atoms with E-state index < -0.39 is 0 Å². The van der Waals surface area contributed by atoms with Gasteiger partial charge < -0.3 is 10.6 Å². The van der Waals surface area contributed by atoms with Crippen molar-refractivity contribution in [2.45, 2.75) is 20.3 Å². The van der Waals surface area contributed by atoms with E-state index in [0.717, 1.165) is 17.7 Å². The number of anilines is 1. The van der Waals surface area contributed by atoms with E-state index in [2.05, 4.69) is 10.6 Å². The summed E-state index contributed by atoms with van der Waals surface area (Å²) in [6.45, 7) is 4.49. The maximum absolute atomic E-state index is 11.6. The van der Waals surface area contributed by atoms with Crippen LogP contribution in [0.25, 0.3) is 0 Å². The Bertz CT molecular complexity index is 486. The van der Waals surface area contributed by atoms with E-state index >= 15 is 0 Å². The van der Waals surface area contributed by atoms with Gasteiger partial charge >= 0.3 is 0 Å². The largest absolute Gasteiger partial charge is 0.360 e. The van der Waals surface area contributed by atoms with Crippen molar-refractivity contribution in [3.05, 3.63) is 41.6 Å². The Morgan fingerprint density at radius 3 is 2.78 bits per heavy atom. The van der Waals surface area contributed by atoms with Crippen LogP contribution in [0.5, 0.6) is 0 Å². The molecule has 0 aliphatic heterocycles. The van der Waals surface area contributed by atoms with Gasteiger partial charge in [0.25, 0.3) is 5.91 Å². The third kappa shape index (κ3) is 3.95. The van der Waals surface area contributed by atoms with Crippen molar-refractivity contribution in [2.24, 2.45) is 0 Å². The van der Waals surface area contributed by atoms with Gasteiger partial charge in [-0.3, -0.25) is 4.79 Å². The minimum Gasteiger partial charge on any atom is -0.360 e. The molecule has 0 heterocycles. The summed E-state index contributed by atoms with van der Waals surface area (Å²) in [5.74, 6) is -0.347. The number of hydrogen-bond donors (Lipinski definition) is 2. The van der Waals surface area contributed by atoms with Crippen molar-refractivity contribution in [1.29, 1.82) is 5.26 Å². The van der Waals surface area contributed by atoms with Crippen molar-refractivity contribution >= 4 is 11.6 Å². The molecule has 18 heavy (non-hydrogen) atoms. The molecule has 94 valence electrons. The molecule has 2 N–H and O–H groups in total. The molecule has 0 radical (unpaired) electrons. The molecule has 0 saturated carbocycles. The molecule has 1 aromatic carbocycles. The monoisotopic (exact) mass is 243 g/mol. The lowest BCUT2D eigenvalue weighted by atomic mass is 10.2. The fourth-order valence-electron chi connectivity index (χ4n) is 1.37. The molecule has 1 aromatic rings. The highest BCUT2D eigenvalue weighted by Crippen LogP contribution is 2.13. The molecular weight excluding hydrogens is 226 g/mol. The lowest BCUT2D eigenvalue weighted by molar-refractivity contribution is -0.117. The maximum Gasteiger partial charge on any atom is 0.263 e. The summed E-state index contributed by atoms with van der Waals surface area (Å²) >= 11 is 0. The van der Waals surface area contributed by atoms with Crippen LogP contribution in [-0.4, -0.2) is 12.5 Å². The van der Waals surface area contributed by atoms with E-state index in [9.17, 15) is 4.79 Å². The highest BCUT2D eigenvalue weighted by Gasteiger charge is 2.07. The van der Waals surface area contributed by atoms with Crippen LogP contribution in [0, 0.1) is 18.3 Å². The summed E-state index contributed by atoms with van der Waals surface area (Å²) in [7, 11) is 0. The molecule has 0 unspecified atom stereocenters. The Morgan fingerprint density at radius 2 is 2.17 bits per heavy atom. The van der Waals surface area contributed by atoms with Crippen LogP contribution in [0.1, 0.15) is 18.9 Å². The molecule has 0 aliphatic carbocycles. The van der Waals surface area contributed by atoms with Gasteiger partial charge in [0.05, 0.1) is 0 Å². The van der Waals surface area contributed by atoms with Gasteiger partial charge in [0.2, 0.25) is 0 Å². The zero-order valence-corrected chi connectivity index (χ0v) is 10.7. The zero-order chi connectivity index (χ0) is 13.4. The number of carbonyl (C=O) groups is 1. The Kier molecular flexibility index (Phi) is 5.46. The molecule has 0 spiro atoms. The molecule has 1 amide bonds. The van der Waals surface area contributed by atoms with Crippen LogP contribution in [0.2, 0.25) is 0 Å². The van der Waals surface area contributed by atoms with Gasteiger partial charge in [0, 0.05) is 18.4 Å². The van der Waals surface area contributed by atoms with Crippen LogP contribution in [0.4, 0.5) is 5.69 Å². The smallest absolute Gasteiger partial charge is 0.263 e. The fraction of sp³-hybridized carbons (Fsp3) is 0.286. The quantitative estimate of drug-likeness (QED) is 0.616. The number of para-hydroxylation sites is 1. The van der Waals surface area contributed by atoms with Crippen molar-refractivity contribution in [3.63, 3.8) is 0 Å². The van der Waals surface area contributed by atoms with Gasteiger partial charge in [-0.25, -0.2) is 0 Å². The first-order chi connectivity index (χ1) is 8.69. The number of aryl methyl sites for hydroxylation is 1. The number of hydrogen-bond acceptors (Lipinski definition) is 3. The lowest BCUT2D eigenvalue weighted by Gasteiger charge is -2.06. The fourth-order valence-corrected chi connectivity index (χ4v) is 1.37. The van der Waals surface area contributed by atoms with Crippen molar-refractivity contribution in [3.8, 4) is 6.07 Å². The van der Waals surface area contributed by atoms with Crippen molar-refractivity contribution < 1.29 is 4.79 Å². The van der Waals surface area contributed by atoms with Crippen LogP contribution in [0.3, 0.4) is 0 Å². The normalized spacial score (nSPS) is 10.6. The molecular formula is C14H17N3O. The molecule has 0 bridgehead atoms. The second-order valence-electron chi connectivity index (χ2n) is 3.88. The molecule has 0 fully saturated rings. The number of carbonyl (C=O) groups excluding carboxylic acids is 1. The lowest BCUT2D eigenvalue weighted by Crippen LogP contribution is -2.25. The summed E-state index contributed by atoms with van der Waals surface area (Å²) in [5.41, 5.74) is 2.01. The summed E-state index contributed by atoms with van der Waals surface area (Å²) in [5, 5.41) is 14.6. The van der Waals surface area contributed by atoms with Gasteiger partial charge in [0.1, 0.15) is 11.6 Å². The molecule has 0 atom stereocenters. The Hall–Kier alpha value is -2.28. The van der Waals surface area contributed by atoms with Crippen molar-refractivity contribution in [2.75, 3.05) is 11.9 Å². The third-order valence-corrected chi connectivity index (χ3v) is 2.42. The number of nitriles is 1. The van der Waals surface area contributed by atoms with E-state index in [1.54, 1.807) is 0 Å². The molecule has 4 heteroatoms. The zero-order valence-electron chi connectivity index (χ0n) is 10.7. The van der Waals surface area contributed by atoms with E-state index in [4.69, 9.17) is 5.26 Å². The molecule has 0 aliphatic rings. The number of benzene rings is 1. The summed E-state index contributed by atoms with van der Waals surface area (Å²) < 4.78 is 0. The molecule has 4 nitrogen and oxygen atoms in total. The highest BCUT2D eigenvalue weighted by molar-refractivity contribution is 5.97. The second-order valence-corrected chi connectivity index (χ2v) is 3.88. The van der Waals surface area contributed by atoms with Gasteiger partial charge in [-0.2, -0.15) is 5.26 Å². The first-order valence-electron chi connectivity index (χ1n) is 5.89. The average molecular weight is 243 g/mol. The number of nitrogens with one attached hydrogen (secondary N) is 2. The summed E-state index contributed by atoms with van der Waals surface area (Å²) in [6.07, 6.45) is 2.28. The Labute approximate surface area is 107 Å². The van der Waals surface area contributed by atoms with Crippen LogP contribution in [-0.2, 0) is 4.79 Å². The standard InChI is InChI=1S/C14H17N3O/c1-3-8-16-14(18)12(9-15)10-17-13-7-5-4-6-11(13)2/h4-7,10,17H,3,8H2,1-2H3,(H,16,18)/b12-10-. The van der Waals surface area contributed by atoms with E-state index in [1.807, 2.05) is 44.2 Å². The number of rotatable bonds is 5. The predicted molar refractivity (Wildman–Crippen MR) is 71.8 cm³/mol. The minimum atomic E-state index is -0.347. The van der Waals surface area contributed by atoms with E-state index in [1.165, 1.54) is 6.20 Å². The van der Waals surface area contributed by atoms with Gasteiger partial charge in [-0.15, -0.1) is 0 Å². The SMILES string of the molecule is CCCNC(=O)/C(C#N)=C\Nc1ccccc1C. The number of nitrogens with zero attached hydrogens (tertiary/aromatic N) is 1. The van der Waals surface area contributed by atoms with Crippen LogP contribution < -0.4 is 10.6 Å². The van der Waals surface area contributed by atoms with Gasteiger partial charge in [-0.05, 0) is 25.0 Å². The molecule has 0 saturated heterocycles. The van der Waals surface area contributed by atoms with Crippen molar-refractivity contribution in [1.82, 2.24) is 5.32 Å². The van der Waals surface area contributed by atoms with E-state index in [0.29, 0.717) is 6.54 Å². The first kappa shape index (κ1) is 13.8. The third-order valence-electron chi connectivity index (χ3n) is 2.42. The predicted octanol–water partition coefficient (Wildman–Crippen LogP) is 2.34. The van der Waals surface area contributed by atoms with Gasteiger partial charge in [-0.1, -0.05) is 25.1 Å². The minimum absolute atomic E-state index is 0.0757. The molecule has 0 aromatic heterocycles.